The summed E-state index contributed by atoms with van der Waals surface area (Å²) in [6.07, 6.45) is 0. The first-order valence-corrected chi connectivity index (χ1v) is 9.91. The quantitative estimate of drug-likeness (QED) is 0.585. The van der Waals surface area contributed by atoms with Gasteiger partial charge in [0.05, 0.1) is 11.4 Å². The van der Waals surface area contributed by atoms with Gasteiger partial charge in [0.25, 0.3) is 0 Å². The number of hydrogen-bond acceptors (Lipinski definition) is 3. The fourth-order valence-corrected chi connectivity index (χ4v) is 3.56. The highest BCUT2D eigenvalue weighted by Gasteiger charge is 2.14. The number of hydrogen-bond donors (Lipinski definition) is 1. The lowest BCUT2D eigenvalue weighted by Crippen LogP contribution is -2.17. The lowest BCUT2D eigenvalue weighted by Gasteiger charge is -2.10. The molecule has 1 N–H and O–H groups in total. The van der Waals surface area contributed by atoms with E-state index in [1.165, 1.54) is 11.1 Å². The van der Waals surface area contributed by atoms with Crippen LogP contribution in [-0.4, -0.2) is 17.4 Å². The molecule has 0 fully saturated rings. The largest absolute Gasteiger partial charge is 0.325 e. The molecule has 4 heteroatoms. The van der Waals surface area contributed by atoms with E-state index in [1.807, 2.05) is 30.3 Å². The Bertz CT molecular complexity index is 938. The summed E-state index contributed by atoms with van der Waals surface area (Å²) >= 11 is 1.56. The molecule has 0 radical (unpaired) electrons. The number of aryl methyl sites for hydroxylation is 1. The highest BCUT2D eigenvalue weighted by molar-refractivity contribution is 7.99. The monoisotopic (exact) mass is 375 g/mol. The Morgan fingerprint density at radius 2 is 1.63 bits per heavy atom. The number of para-hydroxylation sites is 1. The van der Waals surface area contributed by atoms with E-state index >= 15 is 0 Å². The maximum absolute atomic E-state index is 12.7. The number of carbonyl (C=O) groups excluding carboxylic acids is 2. The first-order chi connectivity index (χ1) is 13.1. The molecular weight excluding hydrogens is 354 g/mol. The molecule has 0 aliphatic rings. The lowest BCUT2D eigenvalue weighted by molar-refractivity contribution is -0.113. The molecule has 3 aromatic carbocycles. The van der Waals surface area contributed by atoms with Crippen molar-refractivity contribution in [3.8, 4) is 0 Å². The molecule has 1 amide bonds. The summed E-state index contributed by atoms with van der Waals surface area (Å²) in [6.45, 7) is 2.06. The number of rotatable bonds is 7. The number of carbonyl (C=O) groups is 2. The summed E-state index contributed by atoms with van der Waals surface area (Å²) in [4.78, 5) is 25.1. The Morgan fingerprint density at radius 3 is 2.41 bits per heavy atom. The molecule has 3 nitrogen and oxygen atoms in total. The van der Waals surface area contributed by atoms with Crippen molar-refractivity contribution in [1.29, 1.82) is 0 Å². The molecule has 0 saturated carbocycles. The Morgan fingerprint density at radius 1 is 0.889 bits per heavy atom. The number of anilines is 1. The molecule has 0 atom stereocenters. The minimum absolute atomic E-state index is 0.0982. The van der Waals surface area contributed by atoms with Crippen molar-refractivity contribution >= 4 is 29.1 Å². The molecular formula is C23H21NO2S. The number of thioether (sulfide) groups is 1. The van der Waals surface area contributed by atoms with Gasteiger partial charge in [-0.25, -0.2) is 0 Å². The van der Waals surface area contributed by atoms with Crippen molar-refractivity contribution in [3.05, 3.63) is 101 Å². The number of nitrogens with one attached hydrogen (secondary N) is 1. The molecule has 0 bridgehead atoms. The van der Waals surface area contributed by atoms with Gasteiger partial charge in [-0.3, -0.25) is 9.59 Å². The topological polar surface area (TPSA) is 46.2 Å². The second-order valence-electron chi connectivity index (χ2n) is 6.27. The second-order valence-corrected chi connectivity index (χ2v) is 7.26. The Balaban J connectivity index is 1.62. The third-order valence-corrected chi connectivity index (χ3v) is 5.07. The zero-order valence-electron chi connectivity index (χ0n) is 15.1. The predicted octanol–water partition coefficient (Wildman–Crippen LogP) is 5.10. The van der Waals surface area contributed by atoms with Crippen LogP contribution in [0.15, 0.2) is 78.9 Å². The van der Waals surface area contributed by atoms with E-state index in [2.05, 4.69) is 30.4 Å². The van der Waals surface area contributed by atoms with Crippen molar-refractivity contribution in [3.63, 3.8) is 0 Å². The maximum atomic E-state index is 12.7. The van der Waals surface area contributed by atoms with Gasteiger partial charge in [0.1, 0.15) is 0 Å². The SMILES string of the molecule is Cc1cccc(CSCC(=O)Nc2ccccc2C(=O)c2ccccc2)c1. The van der Waals surface area contributed by atoms with E-state index in [4.69, 9.17) is 0 Å². The highest BCUT2D eigenvalue weighted by atomic mass is 32.2. The Labute approximate surface area is 163 Å². The lowest BCUT2D eigenvalue weighted by atomic mass is 10.0. The minimum atomic E-state index is -0.110. The van der Waals surface area contributed by atoms with Crippen molar-refractivity contribution in [2.45, 2.75) is 12.7 Å². The van der Waals surface area contributed by atoms with E-state index in [9.17, 15) is 9.59 Å². The molecule has 0 saturated heterocycles. The number of amides is 1. The predicted molar refractivity (Wildman–Crippen MR) is 112 cm³/mol. The highest BCUT2D eigenvalue weighted by Crippen LogP contribution is 2.20. The average Bonchev–Trinajstić information content (AvgIpc) is 2.69. The van der Waals surface area contributed by atoms with E-state index in [0.717, 1.165) is 5.75 Å². The second kappa shape index (κ2) is 9.19. The molecule has 3 rings (SSSR count). The fourth-order valence-electron chi connectivity index (χ4n) is 2.78. The number of ketones is 1. The van der Waals surface area contributed by atoms with Crippen LogP contribution < -0.4 is 5.32 Å². The van der Waals surface area contributed by atoms with Gasteiger partial charge in [-0.15, -0.1) is 11.8 Å². The Kier molecular flexibility index (Phi) is 6.44. The number of benzene rings is 3. The van der Waals surface area contributed by atoms with Gasteiger partial charge in [-0.1, -0.05) is 72.3 Å². The molecule has 0 aromatic heterocycles. The Hall–Kier alpha value is -2.85. The van der Waals surface area contributed by atoms with Crippen LogP contribution in [0.2, 0.25) is 0 Å². The summed E-state index contributed by atoms with van der Waals surface area (Å²) in [5.74, 6) is 0.904. The van der Waals surface area contributed by atoms with E-state index in [1.54, 1.807) is 42.1 Å². The standard InChI is InChI=1S/C23H21NO2S/c1-17-8-7-9-18(14-17)15-27-16-22(25)24-21-13-6-5-12-20(21)23(26)19-10-3-2-4-11-19/h2-14H,15-16H2,1H3,(H,24,25). The van der Waals surface area contributed by atoms with Gasteiger partial charge in [0.15, 0.2) is 5.78 Å². The molecule has 27 heavy (non-hydrogen) atoms. The summed E-state index contributed by atoms with van der Waals surface area (Å²) < 4.78 is 0. The van der Waals surface area contributed by atoms with E-state index in [0.29, 0.717) is 22.6 Å². The van der Waals surface area contributed by atoms with Gasteiger partial charge >= 0.3 is 0 Å². The van der Waals surface area contributed by atoms with Gasteiger partial charge in [-0.05, 0) is 24.6 Å². The minimum Gasteiger partial charge on any atom is -0.325 e. The fraction of sp³-hybridized carbons (Fsp3) is 0.130. The van der Waals surface area contributed by atoms with Crippen LogP contribution in [0.1, 0.15) is 27.0 Å². The van der Waals surface area contributed by atoms with Gasteiger partial charge in [-0.2, -0.15) is 0 Å². The van der Waals surface area contributed by atoms with Crippen LogP contribution in [-0.2, 0) is 10.5 Å². The first-order valence-electron chi connectivity index (χ1n) is 8.75. The van der Waals surface area contributed by atoms with Crippen LogP contribution in [0.3, 0.4) is 0 Å². The zero-order valence-corrected chi connectivity index (χ0v) is 16.0. The molecule has 0 spiro atoms. The average molecular weight is 375 g/mol. The summed E-state index contributed by atoms with van der Waals surface area (Å²) in [7, 11) is 0. The smallest absolute Gasteiger partial charge is 0.234 e. The normalized spacial score (nSPS) is 10.4. The van der Waals surface area contributed by atoms with Crippen molar-refractivity contribution < 1.29 is 9.59 Å². The van der Waals surface area contributed by atoms with Crippen molar-refractivity contribution in [1.82, 2.24) is 0 Å². The summed E-state index contributed by atoms with van der Waals surface area (Å²) in [5, 5.41) is 2.88. The summed E-state index contributed by atoms with van der Waals surface area (Å²) in [5.41, 5.74) is 4.07. The van der Waals surface area contributed by atoms with Crippen LogP contribution in [0, 0.1) is 6.92 Å². The molecule has 0 heterocycles. The van der Waals surface area contributed by atoms with Crippen LogP contribution in [0.5, 0.6) is 0 Å². The van der Waals surface area contributed by atoms with E-state index in [-0.39, 0.29) is 11.7 Å². The van der Waals surface area contributed by atoms with Gasteiger partial charge in [0.2, 0.25) is 5.91 Å². The molecule has 0 aliphatic heterocycles. The van der Waals surface area contributed by atoms with Crippen LogP contribution in [0.4, 0.5) is 5.69 Å². The van der Waals surface area contributed by atoms with Crippen molar-refractivity contribution in [2.24, 2.45) is 0 Å². The van der Waals surface area contributed by atoms with Crippen LogP contribution in [0.25, 0.3) is 0 Å². The summed E-state index contributed by atoms with van der Waals surface area (Å²) in [6, 6.07) is 24.5. The maximum Gasteiger partial charge on any atom is 0.234 e. The van der Waals surface area contributed by atoms with Crippen LogP contribution >= 0.6 is 11.8 Å². The van der Waals surface area contributed by atoms with Gasteiger partial charge in [0, 0.05) is 16.9 Å². The molecule has 0 aliphatic carbocycles. The first kappa shape index (κ1) is 18.9. The molecule has 3 aromatic rings. The van der Waals surface area contributed by atoms with Gasteiger partial charge < -0.3 is 5.32 Å². The molecule has 136 valence electrons. The van der Waals surface area contributed by atoms with Crippen molar-refractivity contribution in [2.75, 3.05) is 11.1 Å². The van der Waals surface area contributed by atoms with E-state index < -0.39 is 0 Å². The third-order valence-electron chi connectivity index (χ3n) is 4.07. The third kappa shape index (κ3) is 5.31. The molecule has 0 unspecified atom stereocenters. The zero-order chi connectivity index (χ0) is 19.1.